The van der Waals surface area contributed by atoms with Gasteiger partial charge in [0.15, 0.2) is 0 Å². The molecule has 2 rings (SSSR count). The zero-order valence-electron chi connectivity index (χ0n) is 8.22. The number of ether oxygens (including phenoxy) is 1. The Labute approximate surface area is 88.3 Å². The highest BCUT2D eigenvalue weighted by Gasteiger charge is 2.36. The molecule has 2 unspecified atom stereocenters. The van der Waals surface area contributed by atoms with Crippen LogP contribution < -0.4 is 0 Å². The van der Waals surface area contributed by atoms with Gasteiger partial charge in [-0.15, -0.1) is 0 Å². The number of nitriles is 1. The molecule has 1 heterocycles. The molecule has 1 aliphatic rings. The van der Waals surface area contributed by atoms with E-state index in [0.717, 1.165) is 12.0 Å². The van der Waals surface area contributed by atoms with E-state index in [9.17, 15) is 4.79 Å². The first-order valence-corrected chi connectivity index (χ1v) is 4.91. The van der Waals surface area contributed by atoms with Crippen LogP contribution in [0.1, 0.15) is 5.56 Å². The molecule has 76 valence electrons. The fraction of sp³-hybridized carbons (Fsp3) is 0.333. The van der Waals surface area contributed by atoms with Gasteiger partial charge in [0.05, 0.1) is 12.7 Å². The lowest BCUT2D eigenvalue weighted by Crippen LogP contribution is -2.15. The zero-order valence-corrected chi connectivity index (χ0v) is 8.22. The van der Waals surface area contributed by atoms with Gasteiger partial charge in [-0.3, -0.25) is 4.79 Å². The molecule has 2 atom stereocenters. The number of nitrogens with zero attached hydrogens (tertiary/aromatic N) is 1. The van der Waals surface area contributed by atoms with E-state index in [1.54, 1.807) is 0 Å². The van der Waals surface area contributed by atoms with E-state index in [1.807, 2.05) is 36.4 Å². The molecule has 3 heteroatoms. The first kappa shape index (κ1) is 9.72. The van der Waals surface area contributed by atoms with E-state index in [0.29, 0.717) is 6.61 Å². The monoisotopic (exact) mass is 201 g/mol. The summed E-state index contributed by atoms with van der Waals surface area (Å²) in [5.41, 5.74) is 1.14. The van der Waals surface area contributed by atoms with Crippen molar-refractivity contribution in [2.75, 3.05) is 6.61 Å². The summed E-state index contributed by atoms with van der Waals surface area (Å²) in [6, 6.07) is 11.9. The Bertz CT molecular complexity index is 394. The van der Waals surface area contributed by atoms with Crippen LogP contribution in [0.25, 0.3) is 0 Å². The van der Waals surface area contributed by atoms with Gasteiger partial charge in [-0.05, 0) is 12.0 Å². The van der Waals surface area contributed by atoms with E-state index in [-0.39, 0.29) is 11.9 Å². The van der Waals surface area contributed by atoms with Gasteiger partial charge in [0, 0.05) is 5.92 Å². The summed E-state index contributed by atoms with van der Waals surface area (Å²) < 4.78 is 4.88. The van der Waals surface area contributed by atoms with Crippen LogP contribution in [-0.4, -0.2) is 12.6 Å². The maximum Gasteiger partial charge on any atom is 0.323 e. The van der Waals surface area contributed by atoms with Gasteiger partial charge in [0.1, 0.15) is 5.92 Å². The molecule has 0 bridgehead atoms. The van der Waals surface area contributed by atoms with Crippen molar-refractivity contribution in [3.05, 3.63) is 35.9 Å². The number of carbonyl (C=O) groups is 1. The van der Waals surface area contributed by atoms with E-state index >= 15 is 0 Å². The minimum atomic E-state index is -0.592. The first-order valence-electron chi connectivity index (χ1n) is 4.91. The highest BCUT2D eigenvalue weighted by atomic mass is 16.5. The highest BCUT2D eigenvalue weighted by molar-refractivity contribution is 5.77. The molecule has 0 aliphatic carbocycles. The molecule has 0 spiro atoms. The van der Waals surface area contributed by atoms with Crippen LogP contribution in [0.4, 0.5) is 0 Å². The quantitative estimate of drug-likeness (QED) is 0.682. The SMILES string of the molecule is N#CC1C(=O)OCC1Cc1ccccc1. The molecule has 1 aliphatic heterocycles. The molecule has 1 aromatic carbocycles. The molecule has 15 heavy (non-hydrogen) atoms. The van der Waals surface area contributed by atoms with Gasteiger partial charge < -0.3 is 4.74 Å². The van der Waals surface area contributed by atoms with Crippen molar-refractivity contribution in [1.82, 2.24) is 0 Å². The molecular formula is C12H11NO2. The minimum absolute atomic E-state index is 0.00454. The third-order valence-electron chi connectivity index (χ3n) is 2.64. The van der Waals surface area contributed by atoms with Crippen LogP contribution in [0.2, 0.25) is 0 Å². The molecule has 0 radical (unpaired) electrons. The molecule has 1 fully saturated rings. The lowest BCUT2D eigenvalue weighted by molar-refractivity contribution is -0.139. The van der Waals surface area contributed by atoms with Crippen LogP contribution in [0.3, 0.4) is 0 Å². The van der Waals surface area contributed by atoms with E-state index in [2.05, 4.69) is 0 Å². The fourth-order valence-corrected chi connectivity index (χ4v) is 1.82. The van der Waals surface area contributed by atoms with Crippen LogP contribution in [0.5, 0.6) is 0 Å². The minimum Gasteiger partial charge on any atom is -0.464 e. The van der Waals surface area contributed by atoms with Crippen molar-refractivity contribution < 1.29 is 9.53 Å². The number of hydrogen-bond donors (Lipinski definition) is 0. The van der Waals surface area contributed by atoms with E-state index in [4.69, 9.17) is 10.00 Å². The fourth-order valence-electron chi connectivity index (χ4n) is 1.82. The average Bonchev–Trinajstić information content (AvgIpc) is 2.61. The topological polar surface area (TPSA) is 50.1 Å². The van der Waals surface area contributed by atoms with Crippen LogP contribution in [-0.2, 0) is 16.0 Å². The van der Waals surface area contributed by atoms with Crippen LogP contribution >= 0.6 is 0 Å². The van der Waals surface area contributed by atoms with Crippen molar-refractivity contribution in [3.8, 4) is 6.07 Å². The third-order valence-corrected chi connectivity index (χ3v) is 2.64. The zero-order chi connectivity index (χ0) is 10.7. The highest BCUT2D eigenvalue weighted by Crippen LogP contribution is 2.25. The molecule has 0 N–H and O–H groups in total. The lowest BCUT2D eigenvalue weighted by Gasteiger charge is -2.08. The Morgan fingerprint density at radius 1 is 1.40 bits per heavy atom. The Morgan fingerprint density at radius 2 is 2.13 bits per heavy atom. The van der Waals surface area contributed by atoms with Crippen molar-refractivity contribution in [3.63, 3.8) is 0 Å². The maximum atomic E-state index is 11.2. The van der Waals surface area contributed by atoms with Crippen molar-refractivity contribution >= 4 is 5.97 Å². The second-order valence-electron chi connectivity index (χ2n) is 3.69. The predicted molar refractivity (Wildman–Crippen MR) is 53.7 cm³/mol. The number of carbonyl (C=O) groups excluding carboxylic acids is 1. The molecular weight excluding hydrogens is 190 g/mol. The number of rotatable bonds is 2. The van der Waals surface area contributed by atoms with Gasteiger partial charge in [-0.25, -0.2) is 0 Å². The Kier molecular flexibility index (Phi) is 2.68. The molecule has 0 amide bonds. The largest absolute Gasteiger partial charge is 0.464 e. The summed E-state index contributed by atoms with van der Waals surface area (Å²) in [6.45, 7) is 0.367. The molecule has 1 saturated heterocycles. The van der Waals surface area contributed by atoms with Gasteiger partial charge in [-0.2, -0.15) is 5.26 Å². The first-order chi connectivity index (χ1) is 7.31. The van der Waals surface area contributed by atoms with Crippen LogP contribution in [0, 0.1) is 23.2 Å². The normalized spacial score (nSPS) is 24.6. The standard InChI is InChI=1S/C12H11NO2/c13-7-11-10(8-15-12(11)14)6-9-4-2-1-3-5-9/h1-5,10-11H,6,8H2. The Balaban J connectivity index is 2.08. The van der Waals surface area contributed by atoms with Gasteiger partial charge in [0.25, 0.3) is 0 Å². The van der Waals surface area contributed by atoms with Crippen molar-refractivity contribution in [1.29, 1.82) is 5.26 Å². The summed E-state index contributed by atoms with van der Waals surface area (Å²) in [6.07, 6.45) is 0.727. The predicted octanol–water partition coefficient (Wildman–Crippen LogP) is 1.54. The van der Waals surface area contributed by atoms with Crippen molar-refractivity contribution in [2.24, 2.45) is 11.8 Å². The number of benzene rings is 1. The smallest absolute Gasteiger partial charge is 0.323 e. The summed E-state index contributed by atoms with van der Waals surface area (Å²) in [7, 11) is 0. The van der Waals surface area contributed by atoms with E-state index in [1.165, 1.54) is 0 Å². The number of hydrogen-bond acceptors (Lipinski definition) is 3. The average molecular weight is 201 g/mol. The molecule has 0 aromatic heterocycles. The second kappa shape index (κ2) is 4.14. The summed E-state index contributed by atoms with van der Waals surface area (Å²) >= 11 is 0. The summed E-state index contributed by atoms with van der Waals surface area (Å²) in [5, 5.41) is 8.83. The van der Waals surface area contributed by atoms with Gasteiger partial charge in [0.2, 0.25) is 0 Å². The number of esters is 1. The van der Waals surface area contributed by atoms with Crippen molar-refractivity contribution in [2.45, 2.75) is 6.42 Å². The maximum absolute atomic E-state index is 11.2. The summed E-state index contributed by atoms with van der Waals surface area (Å²) in [5.74, 6) is -0.964. The third kappa shape index (κ3) is 1.99. The van der Waals surface area contributed by atoms with Gasteiger partial charge >= 0.3 is 5.97 Å². The second-order valence-corrected chi connectivity index (χ2v) is 3.69. The molecule has 1 aromatic rings. The van der Waals surface area contributed by atoms with E-state index < -0.39 is 5.92 Å². The van der Waals surface area contributed by atoms with Gasteiger partial charge in [-0.1, -0.05) is 30.3 Å². The van der Waals surface area contributed by atoms with Crippen LogP contribution in [0.15, 0.2) is 30.3 Å². The lowest BCUT2D eigenvalue weighted by atomic mass is 9.90. The molecule has 0 saturated carbocycles. The summed E-state index contributed by atoms with van der Waals surface area (Å²) in [4.78, 5) is 11.2. The number of cyclic esters (lactones) is 1. The Morgan fingerprint density at radius 3 is 2.80 bits per heavy atom. The molecule has 3 nitrogen and oxygen atoms in total. The Hall–Kier alpha value is -1.82.